The molecule has 1 aromatic carbocycles. The van der Waals surface area contributed by atoms with Crippen molar-refractivity contribution in [3.8, 4) is 5.75 Å². The molecule has 0 saturated carbocycles. The van der Waals surface area contributed by atoms with E-state index in [9.17, 15) is 9.18 Å². The largest absolute Gasteiger partial charge is 0.494 e. The van der Waals surface area contributed by atoms with E-state index in [1.54, 1.807) is 12.1 Å². The van der Waals surface area contributed by atoms with E-state index in [0.29, 0.717) is 13.0 Å². The number of halogens is 1. The summed E-state index contributed by atoms with van der Waals surface area (Å²) < 4.78 is 18.4. The summed E-state index contributed by atoms with van der Waals surface area (Å²) in [5, 5.41) is 6.13. The van der Waals surface area contributed by atoms with Crippen molar-refractivity contribution in [2.45, 2.75) is 19.0 Å². The molecule has 20 heavy (non-hydrogen) atoms. The Hall–Kier alpha value is -1.27. The summed E-state index contributed by atoms with van der Waals surface area (Å²) in [6.07, 6.45) is 0.464. The number of rotatable bonds is 5. The normalized spacial score (nSPS) is 18.6. The second kappa shape index (κ2) is 7.50. The molecule has 6 heteroatoms. The van der Waals surface area contributed by atoms with Crippen LogP contribution in [0.3, 0.4) is 0 Å². The molecule has 1 aliphatic heterocycles. The van der Waals surface area contributed by atoms with Gasteiger partial charge in [0.25, 0.3) is 0 Å². The molecule has 2 rings (SSSR count). The highest BCUT2D eigenvalue weighted by Crippen LogP contribution is 2.17. The summed E-state index contributed by atoms with van der Waals surface area (Å²) in [5.41, 5.74) is 0.725. The first-order valence-corrected chi connectivity index (χ1v) is 7.74. The summed E-state index contributed by atoms with van der Waals surface area (Å²) in [6, 6.07) is 4.93. The molecule has 1 amide bonds. The number of carbonyl (C=O) groups excluding carboxylic acids is 1. The Kier molecular flexibility index (Phi) is 5.67. The predicted molar refractivity (Wildman–Crippen MR) is 78.5 cm³/mol. The van der Waals surface area contributed by atoms with Gasteiger partial charge in [-0.15, -0.1) is 0 Å². The average molecular weight is 298 g/mol. The van der Waals surface area contributed by atoms with Gasteiger partial charge in [0.05, 0.1) is 7.11 Å². The van der Waals surface area contributed by atoms with Gasteiger partial charge >= 0.3 is 0 Å². The number of hydrogen-bond donors (Lipinski definition) is 2. The van der Waals surface area contributed by atoms with Gasteiger partial charge in [-0.2, -0.15) is 11.8 Å². The minimum atomic E-state index is -0.412. The van der Waals surface area contributed by atoms with Gasteiger partial charge in [0.1, 0.15) is 0 Å². The number of benzene rings is 1. The van der Waals surface area contributed by atoms with Crippen molar-refractivity contribution in [1.82, 2.24) is 10.6 Å². The second-order valence-electron chi connectivity index (χ2n) is 4.68. The van der Waals surface area contributed by atoms with Gasteiger partial charge < -0.3 is 15.4 Å². The lowest BCUT2D eigenvalue weighted by Crippen LogP contribution is -2.41. The van der Waals surface area contributed by atoms with Crippen molar-refractivity contribution in [2.24, 2.45) is 0 Å². The zero-order valence-electron chi connectivity index (χ0n) is 11.4. The number of amides is 1. The van der Waals surface area contributed by atoms with Crippen LogP contribution in [0.5, 0.6) is 5.75 Å². The topological polar surface area (TPSA) is 50.4 Å². The highest BCUT2D eigenvalue weighted by molar-refractivity contribution is 7.99. The number of hydrogen-bond acceptors (Lipinski definition) is 4. The molecule has 1 fully saturated rings. The van der Waals surface area contributed by atoms with Crippen LogP contribution in [0.2, 0.25) is 0 Å². The SMILES string of the molecule is COc1ccc(CNC(=O)CC2CSCCN2)cc1F. The molecule has 1 heterocycles. The molecule has 0 radical (unpaired) electrons. The Morgan fingerprint density at radius 1 is 1.60 bits per heavy atom. The second-order valence-corrected chi connectivity index (χ2v) is 5.83. The quantitative estimate of drug-likeness (QED) is 0.866. The summed E-state index contributed by atoms with van der Waals surface area (Å²) in [7, 11) is 1.43. The maximum atomic E-state index is 13.5. The van der Waals surface area contributed by atoms with Crippen molar-refractivity contribution >= 4 is 17.7 Å². The van der Waals surface area contributed by atoms with Crippen LogP contribution in [0, 0.1) is 5.82 Å². The van der Waals surface area contributed by atoms with Gasteiger partial charge in [0.2, 0.25) is 5.91 Å². The van der Waals surface area contributed by atoms with E-state index in [0.717, 1.165) is 23.6 Å². The lowest BCUT2D eigenvalue weighted by molar-refractivity contribution is -0.121. The smallest absolute Gasteiger partial charge is 0.221 e. The van der Waals surface area contributed by atoms with Crippen LogP contribution < -0.4 is 15.4 Å². The van der Waals surface area contributed by atoms with Crippen LogP contribution in [-0.2, 0) is 11.3 Å². The van der Waals surface area contributed by atoms with Crippen molar-refractivity contribution in [3.63, 3.8) is 0 Å². The molecule has 1 saturated heterocycles. The van der Waals surface area contributed by atoms with E-state index in [1.807, 2.05) is 11.8 Å². The number of carbonyl (C=O) groups is 1. The molecule has 1 atom stereocenters. The molecule has 0 bridgehead atoms. The van der Waals surface area contributed by atoms with Gasteiger partial charge in [-0.25, -0.2) is 4.39 Å². The van der Waals surface area contributed by atoms with Crippen molar-refractivity contribution in [2.75, 3.05) is 25.2 Å². The van der Waals surface area contributed by atoms with Crippen LogP contribution in [0.25, 0.3) is 0 Å². The van der Waals surface area contributed by atoms with Crippen molar-refractivity contribution in [3.05, 3.63) is 29.6 Å². The summed E-state index contributed by atoms with van der Waals surface area (Å²) in [6.45, 7) is 1.28. The third-order valence-corrected chi connectivity index (χ3v) is 4.27. The first-order chi connectivity index (χ1) is 9.69. The Balaban J connectivity index is 1.79. The third kappa shape index (κ3) is 4.38. The zero-order chi connectivity index (χ0) is 14.4. The summed E-state index contributed by atoms with van der Waals surface area (Å²) in [4.78, 5) is 11.8. The monoisotopic (exact) mass is 298 g/mol. The zero-order valence-corrected chi connectivity index (χ0v) is 12.3. The third-order valence-electron chi connectivity index (χ3n) is 3.14. The number of nitrogens with one attached hydrogen (secondary N) is 2. The van der Waals surface area contributed by atoms with Crippen LogP contribution in [0.1, 0.15) is 12.0 Å². The summed E-state index contributed by atoms with van der Waals surface area (Å²) >= 11 is 1.86. The molecule has 1 aromatic rings. The Labute approximate surface area is 122 Å². The predicted octanol–water partition coefficient (Wildman–Crippen LogP) is 1.55. The molecular weight excluding hydrogens is 279 g/mol. The van der Waals surface area contributed by atoms with E-state index in [1.165, 1.54) is 13.2 Å². The minimum absolute atomic E-state index is 0.0128. The maximum Gasteiger partial charge on any atom is 0.221 e. The van der Waals surface area contributed by atoms with E-state index in [-0.39, 0.29) is 17.7 Å². The Morgan fingerprint density at radius 2 is 2.45 bits per heavy atom. The molecular formula is C14H19FN2O2S. The number of ether oxygens (including phenoxy) is 1. The fourth-order valence-corrected chi connectivity index (χ4v) is 3.02. The van der Waals surface area contributed by atoms with E-state index in [2.05, 4.69) is 10.6 Å². The van der Waals surface area contributed by atoms with Gasteiger partial charge in [-0.1, -0.05) is 6.07 Å². The molecule has 4 nitrogen and oxygen atoms in total. The molecule has 110 valence electrons. The summed E-state index contributed by atoms with van der Waals surface area (Å²) in [5.74, 6) is 1.85. The standard InChI is InChI=1S/C14H19FN2O2S/c1-19-13-3-2-10(6-12(13)15)8-17-14(18)7-11-9-20-5-4-16-11/h2-3,6,11,16H,4-5,7-9H2,1H3,(H,17,18). The van der Waals surface area contributed by atoms with E-state index < -0.39 is 5.82 Å². The van der Waals surface area contributed by atoms with Crippen LogP contribution >= 0.6 is 11.8 Å². The molecule has 1 aliphatic rings. The number of thioether (sulfide) groups is 1. The highest BCUT2D eigenvalue weighted by atomic mass is 32.2. The first kappa shape index (κ1) is 15.1. The van der Waals surface area contributed by atoms with Gasteiger partial charge in [0.15, 0.2) is 11.6 Å². The fourth-order valence-electron chi connectivity index (χ4n) is 2.07. The molecule has 1 unspecified atom stereocenters. The van der Waals surface area contributed by atoms with Crippen LogP contribution in [0.15, 0.2) is 18.2 Å². The first-order valence-electron chi connectivity index (χ1n) is 6.59. The average Bonchev–Trinajstić information content (AvgIpc) is 2.46. The van der Waals surface area contributed by atoms with E-state index >= 15 is 0 Å². The molecule has 0 aliphatic carbocycles. The molecule has 0 aromatic heterocycles. The lowest BCUT2D eigenvalue weighted by atomic mass is 10.2. The van der Waals surface area contributed by atoms with E-state index in [4.69, 9.17) is 4.74 Å². The van der Waals surface area contributed by atoms with Crippen molar-refractivity contribution < 1.29 is 13.9 Å². The van der Waals surface area contributed by atoms with Crippen molar-refractivity contribution in [1.29, 1.82) is 0 Å². The van der Waals surface area contributed by atoms with Gasteiger partial charge in [-0.05, 0) is 17.7 Å². The maximum absolute atomic E-state index is 13.5. The van der Waals surface area contributed by atoms with Gasteiger partial charge in [-0.3, -0.25) is 4.79 Å². The Bertz CT molecular complexity index is 464. The molecule has 0 spiro atoms. The van der Waals surface area contributed by atoms with Gasteiger partial charge in [0, 0.05) is 37.1 Å². The lowest BCUT2D eigenvalue weighted by Gasteiger charge is -2.22. The van der Waals surface area contributed by atoms with Crippen LogP contribution in [-0.4, -0.2) is 37.1 Å². The fraction of sp³-hybridized carbons (Fsp3) is 0.500. The molecule has 2 N–H and O–H groups in total. The number of methoxy groups -OCH3 is 1. The minimum Gasteiger partial charge on any atom is -0.494 e. The Morgan fingerprint density at radius 3 is 3.10 bits per heavy atom. The van der Waals surface area contributed by atoms with Crippen LogP contribution in [0.4, 0.5) is 4.39 Å². The highest BCUT2D eigenvalue weighted by Gasteiger charge is 2.16.